The number of alkyl halides is 3. The minimum atomic E-state index is -4.60. The Morgan fingerprint density at radius 3 is 2.70 bits per heavy atom. The number of hydrogen-bond acceptors (Lipinski definition) is 6. The van der Waals surface area contributed by atoms with Crippen LogP contribution in [-0.4, -0.2) is 15.9 Å². The van der Waals surface area contributed by atoms with E-state index in [9.17, 15) is 18.0 Å². The first-order chi connectivity index (χ1) is 12.8. The van der Waals surface area contributed by atoms with E-state index in [1.54, 1.807) is 24.3 Å². The Morgan fingerprint density at radius 2 is 2.00 bits per heavy atom. The van der Waals surface area contributed by atoms with Crippen LogP contribution in [0, 0.1) is 0 Å². The number of imidazole rings is 1. The van der Waals surface area contributed by atoms with Gasteiger partial charge in [-0.05, 0) is 29.8 Å². The van der Waals surface area contributed by atoms with Crippen LogP contribution in [0.1, 0.15) is 27.7 Å². The van der Waals surface area contributed by atoms with Gasteiger partial charge in [0.15, 0.2) is 0 Å². The number of nitrogens with one attached hydrogen (secondary N) is 4. The summed E-state index contributed by atoms with van der Waals surface area (Å²) in [6.45, 7) is 0. The fourth-order valence-electron chi connectivity index (χ4n) is 2.57. The van der Waals surface area contributed by atoms with Gasteiger partial charge in [-0.15, -0.1) is 0 Å². The number of benzene rings is 2. The van der Waals surface area contributed by atoms with E-state index < -0.39 is 23.8 Å². The standard InChI is InChI=1S/C16H16F3N7O/c17-16(18,19)9-5-11(13-12(6-9)22-7-23-13)15(27)24-10-3-1-2-8(4-10)14(20)25-26-21/h1-7,14,25-26H,20-21H2,(H,22,23)(H,24,27). The second-order valence-corrected chi connectivity index (χ2v) is 5.67. The molecule has 1 unspecified atom stereocenters. The van der Waals surface area contributed by atoms with Crippen molar-refractivity contribution in [2.45, 2.75) is 12.3 Å². The maximum absolute atomic E-state index is 13.1. The molecule has 0 aliphatic heterocycles. The highest BCUT2D eigenvalue weighted by atomic mass is 19.4. The maximum Gasteiger partial charge on any atom is 0.416 e. The molecule has 8 N–H and O–H groups in total. The average Bonchev–Trinajstić information content (AvgIpc) is 3.09. The first-order valence-electron chi connectivity index (χ1n) is 7.72. The van der Waals surface area contributed by atoms with Gasteiger partial charge in [0.2, 0.25) is 0 Å². The molecule has 0 radical (unpaired) electrons. The van der Waals surface area contributed by atoms with Crippen molar-refractivity contribution in [2.24, 2.45) is 11.6 Å². The third kappa shape index (κ3) is 4.06. The summed E-state index contributed by atoms with van der Waals surface area (Å²) in [5.74, 6) is 4.41. The van der Waals surface area contributed by atoms with Gasteiger partial charge in [0.05, 0.1) is 29.1 Å². The summed E-state index contributed by atoms with van der Waals surface area (Å²) in [7, 11) is 0. The van der Waals surface area contributed by atoms with Crippen LogP contribution in [0.2, 0.25) is 0 Å². The number of halogens is 3. The van der Waals surface area contributed by atoms with Gasteiger partial charge in [-0.25, -0.2) is 10.4 Å². The number of hydrazine groups is 2. The Balaban J connectivity index is 1.93. The van der Waals surface area contributed by atoms with Crippen molar-refractivity contribution in [3.05, 3.63) is 59.4 Å². The Kier molecular flexibility index (Phi) is 5.10. The summed E-state index contributed by atoms with van der Waals surface area (Å²) in [6.07, 6.45) is -4.02. The molecule has 1 atom stereocenters. The number of nitrogens with two attached hydrogens (primary N) is 2. The van der Waals surface area contributed by atoms with Crippen molar-refractivity contribution in [1.29, 1.82) is 0 Å². The van der Waals surface area contributed by atoms with Crippen molar-refractivity contribution in [3.8, 4) is 0 Å². The SMILES string of the molecule is NNNC(N)c1cccc(NC(=O)c2cc(C(F)(F)F)cc3[nH]cnc23)c1. The van der Waals surface area contributed by atoms with E-state index in [0.717, 1.165) is 12.1 Å². The molecule has 0 spiro atoms. The van der Waals surface area contributed by atoms with Crippen LogP contribution in [0.5, 0.6) is 0 Å². The second kappa shape index (κ2) is 7.32. The summed E-state index contributed by atoms with van der Waals surface area (Å²) in [5, 5.41) is 2.56. The van der Waals surface area contributed by atoms with Gasteiger partial charge in [-0.2, -0.15) is 18.7 Å². The third-order valence-corrected chi connectivity index (χ3v) is 3.84. The Labute approximate surface area is 151 Å². The number of carbonyl (C=O) groups excluding carboxylic acids is 1. The zero-order valence-corrected chi connectivity index (χ0v) is 13.8. The smallest absolute Gasteiger partial charge is 0.345 e. The van der Waals surface area contributed by atoms with Crippen LogP contribution in [0.4, 0.5) is 18.9 Å². The minimum absolute atomic E-state index is 0.115. The molecule has 3 rings (SSSR count). The molecule has 0 saturated heterocycles. The molecule has 8 nitrogen and oxygen atoms in total. The van der Waals surface area contributed by atoms with E-state index in [0.29, 0.717) is 11.3 Å². The number of amides is 1. The average molecular weight is 379 g/mol. The number of hydrogen-bond donors (Lipinski definition) is 6. The molecule has 1 aromatic heterocycles. The number of carbonyl (C=O) groups is 1. The molecule has 3 aromatic rings. The summed E-state index contributed by atoms with van der Waals surface area (Å²) in [4.78, 5) is 19.1. The van der Waals surface area contributed by atoms with Crippen LogP contribution >= 0.6 is 0 Å². The van der Waals surface area contributed by atoms with E-state index in [1.807, 2.05) is 0 Å². The van der Waals surface area contributed by atoms with Crippen LogP contribution in [0.25, 0.3) is 11.0 Å². The predicted molar refractivity (Wildman–Crippen MR) is 92.9 cm³/mol. The van der Waals surface area contributed by atoms with Crippen LogP contribution in [0.3, 0.4) is 0 Å². The molecule has 1 amide bonds. The van der Waals surface area contributed by atoms with E-state index >= 15 is 0 Å². The van der Waals surface area contributed by atoms with Gasteiger partial charge >= 0.3 is 6.18 Å². The first-order valence-corrected chi connectivity index (χ1v) is 7.72. The summed E-state index contributed by atoms with van der Waals surface area (Å²) in [5.41, 5.74) is 10.7. The van der Waals surface area contributed by atoms with E-state index in [2.05, 4.69) is 26.2 Å². The minimum Gasteiger partial charge on any atom is -0.345 e. The Bertz CT molecular complexity index is 970. The molecule has 0 fully saturated rings. The molecule has 1 heterocycles. The number of anilines is 1. The van der Waals surface area contributed by atoms with Gasteiger partial charge in [0.25, 0.3) is 5.91 Å². The lowest BCUT2D eigenvalue weighted by atomic mass is 10.1. The monoisotopic (exact) mass is 379 g/mol. The number of fused-ring (bicyclic) bond motifs is 1. The summed E-state index contributed by atoms with van der Waals surface area (Å²) >= 11 is 0. The summed E-state index contributed by atoms with van der Waals surface area (Å²) in [6, 6.07) is 8.17. The van der Waals surface area contributed by atoms with E-state index in [4.69, 9.17) is 11.6 Å². The molecule has 27 heavy (non-hydrogen) atoms. The number of aromatic amines is 1. The molecular weight excluding hydrogens is 363 g/mol. The van der Waals surface area contributed by atoms with Crippen LogP contribution in [0.15, 0.2) is 42.7 Å². The van der Waals surface area contributed by atoms with Gasteiger partial charge in [-0.1, -0.05) is 12.1 Å². The molecule has 0 bridgehead atoms. The molecule has 142 valence electrons. The lowest BCUT2D eigenvalue weighted by Crippen LogP contribution is -2.43. The summed E-state index contributed by atoms with van der Waals surface area (Å²) < 4.78 is 39.3. The molecule has 0 aliphatic rings. The molecule has 2 aromatic carbocycles. The third-order valence-electron chi connectivity index (χ3n) is 3.84. The molecule has 11 heteroatoms. The molecule has 0 aliphatic carbocycles. The van der Waals surface area contributed by atoms with Crippen LogP contribution in [-0.2, 0) is 6.18 Å². The zero-order chi connectivity index (χ0) is 19.6. The second-order valence-electron chi connectivity index (χ2n) is 5.67. The maximum atomic E-state index is 13.1. The van der Waals surface area contributed by atoms with Gasteiger partial charge < -0.3 is 16.0 Å². The Hall–Kier alpha value is -2.99. The van der Waals surface area contributed by atoms with Gasteiger partial charge in [-0.3, -0.25) is 10.6 Å². The quantitative estimate of drug-likeness (QED) is 0.227. The Morgan fingerprint density at radius 1 is 1.22 bits per heavy atom. The first kappa shape index (κ1) is 18.8. The van der Waals surface area contributed by atoms with Crippen molar-refractivity contribution >= 4 is 22.6 Å². The molecule has 0 saturated carbocycles. The van der Waals surface area contributed by atoms with Crippen molar-refractivity contribution in [3.63, 3.8) is 0 Å². The molecular formula is C16H16F3N7O. The van der Waals surface area contributed by atoms with E-state index in [-0.39, 0.29) is 16.6 Å². The fraction of sp³-hybridized carbons (Fsp3) is 0.125. The van der Waals surface area contributed by atoms with Crippen molar-refractivity contribution in [2.75, 3.05) is 5.32 Å². The highest BCUT2D eigenvalue weighted by molar-refractivity contribution is 6.11. The lowest BCUT2D eigenvalue weighted by Gasteiger charge is -2.15. The zero-order valence-electron chi connectivity index (χ0n) is 13.8. The predicted octanol–water partition coefficient (Wildman–Crippen LogP) is 1.76. The lowest BCUT2D eigenvalue weighted by molar-refractivity contribution is -0.137. The normalized spacial score (nSPS) is 12.9. The fourth-order valence-corrected chi connectivity index (χ4v) is 2.57. The topological polar surface area (TPSA) is 134 Å². The highest BCUT2D eigenvalue weighted by Gasteiger charge is 2.32. The van der Waals surface area contributed by atoms with Crippen LogP contribution < -0.4 is 27.9 Å². The largest absolute Gasteiger partial charge is 0.416 e. The van der Waals surface area contributed by atoms with Gasteiger partial charge in [0.1, 0.15) is 5.52 Å². The van der Waals surface area contributed by atoms with Crippen molar-refractivity contribution in [1.82, 2.24) is 20.9 Å². The number of aromatic nitrogens is 2. The number of rotatable bonds is 5. The van der Waals surface area contributed by atoms with Crippen molar-refractivity contribution < 1.29 is 18.0 Å². The number of nitrogens with zero attached hydrogens (tertiary/aromatic N) is 1. The number of H-pyrrole nitrogens is 1. The van der Waals surface area contributed by atoms with Gasteiger partial charge in [0, 0.05) is 5.69 Å². The highest BCUT2D eigenvalue weighted by Crippen LogP contribution is 2.32. The van der Waals surface area contributed by atoms with E-state index in [1.165, 1.54) is 6.33 Å².